The summed E-state index contributed by atoms with van der Waals surface area (Å²) in [6, 6.07) is 9.54. The van der Waals surface area contributed by atoms with E-state index in [9.17, 15) is 4.39 Å². The molecule has 0 spiro atoms. The first-order valence-electron chi connectivity index (χ1n) is 5.66. The van der Waals surface area contributed by atoms with E-state index in [2.05, 4.69) is 5.32 Å². The second-order valence-corrected chi connectivity index (χ2v) is 4.84. The molecular formula is C14H12Cl2FNO. The van der Waals surface area contributed by atoms with Crippen LogP contribution in [-0.4, -0.2) is 7.05 Å². The Morgan fingerprint density at radius 2 is 1.84 bits per heavy atom. The highest BCUT2D eigenvalue weighted by atomic mass is 35.5. The second kappa shape index (κ2) is 6.24. The Labute approximate surface area is 121 Å². The molecule has 100 valence electrons. The van der Waals surface area contributed by atoms with E-state index < -0.39 is 5.82 Å². The van der Waals surface area contributed by atoms with Crippen molar-refractivity contribution in [3.8, 4) is 11.5 Å². The molecule has 1 N–H and O–H groups in total. The number of hydrogen-bond acceptors (Lipinski definition) is 2. The lowest BCUT2D eigenvalue weighted by atomic mass is 10.2. The molecule has 19 heavy (non-hydrogen) atoms. The lowest BCUT2D eigenvalue weighted by Gasteiger charge is -2.12. The SMILES string of the molecule is CNCc1cccc(F)c1Oc1cc(Cl)cc(Cl)c1. The van der Waals surface area contributed by atoms with E-state index in [1.54, 1.807) is 37.4 Å². The van der Waals surface area contributed by atoms with Crippen LogP contribution < -0.4 is 10.1 Å². The number of para-hydroxylation sites is 1. The first-order chi connectivity index (χ1) is 9.10. The fourth-order valence-corrected chi connectivity index (χ4v) is 2.21. The van der Waals surface area contributed by atoms with Gasteiger partial charge >= 0.3 is 0 Å². The number of hydrogen-bond donors (Lipinski definition) is 1. The van der Waals surface area contributed by atoms with Crippen molar-refractivity contribution in [1.82, 2.24) is 5.32 Å². The fourth-order valence-electron chi connectivity index (χ4n) is 1.70. The van der Waals surface area contributed by atoms with Crippen LogP contribution in [0.1, 0.15) is 5.56 Å². The largest absolute Gasteiger partial charge is 0.454 e. The average molecular weight is 300 g/mol. The molecule has 2 rings (SSSR count). The summed E-state index contributed by atoms with van der Waals surface area (Å²) in [5.41, 5.74) is 0.721. The van der Waals surface area contributed by atoms with Crippen LogP contribution >= 0.6 is 23.2 Å². The highest BCUT2D eigenvalue weighted by Crippen LogP contribution is 2.32. The third-order valence-electron chi connectivity index (χ3n) is 2.47. The maximum atomic E-state index is 13.8. The standard InChI is InChI=1S/C14H12Cl2FNO/c1-18-8-9-3-2-4-13(17)14(9)19-12-6-10(15)5-11(16)7-12/h2-7,18H,8H2,1H3. The third kappa shape index (κ3) is 3.60. The van der Waals surface area contributed by atoms with Gasteiger partial charge in [-0.05, 0) is 31.3 Å². The van der Waals surface area contributed by atoms with Gasteiger partial charge in [-0.3, -0.25) is 0 Å². The Hall–Kier alpha value is -1.29. The summed E-state index contributed by atoms with van der Waals surface area (Å²) >= 11 is 11.8. The zero-order chi connectivity index (χ0) is 13.8. The molecule has 0 bridgehead atoms. The van der Waals surface area contributed by atoms with E-state index in [1.165, 1.54) is 6.07 Å². The summed E-state index contributed by atoms with van der Waals surface area (Å²) in [6.07, 6.45) is 0. The lowest BCUT2D eigenvalue weighted by Crippen LogP contribution is -2.07. The summed E-state index contributed by atoms with van der Waals surface area (Å²) in [4.78, 5) is 0. The van der Waals surface area contributed by atoms with Crippen molar-refractivity contribution in [3.63, 3.8) is 0 Å². The molecule has 0 aromatic heterocycles. The zero-order valence-electron chi connectivity index (χ0n) is 10.2. The molecule has 0 saturated carbocycles. The number of halogens is 3. The van der Waals surface area contributed by atoms with Gasteiger partial charge in [0.2, 0.25) is 0 Å². The van der Waals surface area contributed by atoms with Crippen LogP contribution in [0.25, 0.3) is 0 Å². The quantitative estimate of drug-likeness (QED) is 0.888. The Kier molecular flexibility index (Phi) is 4.64. The molecule has 0 saturated heterocycles. The van der Waals surface area contributed by atoms with E-state index in [4.69, 9.17) is 27.9 Å². The van der Waals surface area contributed by atoms with Crippen LogP contribution in [0, 0.1) is 5.82 Å². The smallest absolute Gasteiger partial charge is 0.167 e. The fraction of sp³-hybridized carbons (Fsp3) is 0.143. The minimum absolute atomic E-state index is 0.176. The molecule has 0 heterocycles. The average Bonchev–Trinajstić information content (AvgIpc) is 2.32. The van der Waals surface area contributed by atoms with E-state index in [0.29, 0.717) is 22.3 Å². The lowest BCUT2D eigenvalue weighted by molar-refractivity contribution is 0.435. The molecule has 0 radical (unpaired) electrons. The van der Waals surface area contributed by atoms with E-state index in [1.807, 2.05) is 0 Å². The van der Waals surface area contributed by atoms with E-state index >= 15 is 0 Å². The van der Waals surface area contributed by atoms with Crippen molar-refractivity contribution in [1.29, 1.82) is 0 Å². The summed E-state index contributed by atoms with van der Waals surface area (Å²) in [5.74, 6) is 0.152. The molecule has 2 aromatic carbocycles. The highest BCUT2D eigenvalue weighted by Gasteiger charge is 2.11. The maximum absolute atomic E-state index is 13.8. The van der Waals surface area contributed by atoms with Gasteiger partial charge in [-0.25, -0.2) is 4.39 Å². The van der Waals surface area contributed by atoms with Crippen LogP contribution in [0.15, 0.2) is 36.4 Å². The maximum Gasteiger partial charge on any atom is 0.167 e. The second-order valence-electron chi connectivity index (χ2n) is 3.97. The minimum Gasteiger partial charge on any atom is -0.454 e. The van der Waals surface area contributed by atoms with Gasteiger partial charge in [-0.1, -0.05) is 35.3 Å². The zero-order valence-corrected chi connectivity index (χ0v) is 11.7. The van der Waals surface area contributed by atoms with Crippen LogP contribution in [0.5, 0.6) is 11.5 Å². The number of nitrogens with one attached hydrogen (secondary N) is 1. The minimum atomic E-state index is -0.427. The number of rotatable bonds is 4. The summed E-state index contributed by atoms with van der Waals surface area (Å²) in [6.45, 7) is 0.501. The van der Waals surface area contributed by atoms with E-state index in [0.717, 1.165) is 5.56 Å². The van der Waals surface area contributed by atoms with Gasteiger partial charge in [-0.15, -0.1) is 0 Å². The molecule has 5 heteroatoms. The topological polar surface area (TPSA) is 21.3 Å². The normalized spacial score (nSPS) is 10.5. The summed E-state index contributed by atoms with van der Waals surface area (Å²) in [7, 11) is 1.78. The van der Waals surface area contributed by atoms with Crippen molar-refractivity contribution in [3.05, 3.63) is 57.8 Å². The highest BCUT2D eigenvalue weighted by molar-refractivity contribution is 6.34. The molecule has 0 aliphatic rings. The van der Waals surface area contributed by atoms with Gasteiger partial charge in [0.05, 0.1) is 0 Å². The first kappa shape index (κ1) is 14.1. The molecule has 2 nitrogen and oxygen atoms in total. The molecule has 0 amide bonds. The molecular weight excluding hydrogens is 288 g/mol. The molecule has 0 atom stereocenters. The van der Waals surface area contributed by atoms with Crippen molar-refractivity contribution in [2.24, 2.45) is 0 Å². The third-order valence-corrected chi connectivity index (χ3v) is 2.91. The van der Waals surface area contributed by atoms with E-state index in [-0.39, 0.29) is 5.75 Å². The Morgan fingerprint density at radius 1 is 1.16 bits per heavy atom. The Balaban J connectivity index is 2.36. The van der Waals surface area contributed by atoms with Gasteiger partial charge in [0.1, 0.15) is 5.75 Å². The van der Waals surface area contributed by atoms with Gasteiger partial charge < -0.3 is 10.1 Å². The van der Waals surface area contributed by atoms with Gasteiger partial charge in [-0.2, -0.15) is 0 Å². The Bertz CT molecular complexity index is 569. The molecule has 0 aliphatic carbocycles. The van der Waals surface area contributed by atoms with Gasteiger partial charge in [0, 0.05) is 22.2 Å². The monoisotopic (exact) mass is 299 g/mol. The van der Waals surface area contributed by atoms with Crippen molar-refractivity contribution >= 4 is 23.2 Å². The predicted molar refractivity (Wildman–Crippen MR) is 75.7 cm³/mol. The number of benzene rings is 2. The van der Waals surface area contributed by atoms with Crippen molar-refractivity contribution in [2.45, 2.75) is 6.54 Å². The van der Waals surface area contributed by atoms with Gasteiger partial charge in [0.15, 0.2) is 11.6 Å². The van der Waals surface area contributed by atoms with Crippen molar-refractivity contribution in [2.75, 3.05) is 7.05 Å². The van der Waals surface area contributed by atoms with Gasteiger partial charge in [0.25, 0.3) is 0 Å². The Morgan fingerprint density at radius 3 is 2.47 bits per heavy atom. The summed E-state index contributed by atoms with van der Waals surface area (Å²) < 4.78 is 19.4. The molecule has 0 aliphatic heterocycles. The molecule has 0 unspecified atom stereocenters. The molecule has 2 aromatic rings. The number of ether oxygens (including phenoxy) is 1. The van der Waals surface area contributed by atoms with Crippen LogP contribution in [-0.2, 0) is 6.54 Å². The van der Waals surface area contributed by atoms with Crippen molar-refractivity contribution < 1.29 is 9.13 Å². The van der Waals surface area contributed by atoms with Crippen LogP contribution in [0.3, 0.4) is 0 Å². The molecule has 0 fully saturated rings. The first-order valence-corrected chi connectivity index (χ1v) is 6.41. The predicted octanol–water partition coefficient (Wildman–Crippen LogP) is 4.64. The van der Waals surface area contributed by atoms with Crippen LogP contribution in [0.4, 0.5) is 4.39 Å². The van der Waals surface area contributed by atoms with Crippen LogP contribution in [0.2, 0.25) is 10.0 Å². The summed E-state index contributed by atoms with van der Waals surface area (Å²) in [5, 5.41) is 3.84.